The van der Waals surface area contributed by atoms with Crippen molar-refractivity contribution in [3.63, 3.8) is 0 Å². The number of nitrogens with zero attached hydrogens (tertiary/aromatic N) is 5. The number of nitrogens with two attached hydrogens (primary N) is 1. The summed E-state index contributed by atoms with van der Waals surface area (Å²) in [7, 11) is -5.50. The van der Waals surface area contributed by atoms with Gasteiger partial charge in [-0.2, -0.15) is 13.5 Å². The first-order valence-electron chi connectivity index (χ1n) is 5.17. The van der Waals surface area contributed by atoms with Crippen molar-refractivity contribution < 1.29 is 16.8 Å². The van der Waals surface area contributed by atoms with E-state index < -0.39 is 30.8 Å². The van der Waals surface area contributed by atoms with Crippen LogP contribution in [0.4, 0.5) is 5.82 Å². The Kier molecular flexibility index (Phi) is 3.81. The van der Waals surface area contributed by atoms with Gasteiger partial charge in [0, 0.05) is 20.3 Å². The molecule has 2 aromatic heterocycles. The number of hydrogen-bond acceptors (Lipinski definition) is 7. The van der Waals surface area contributed by atoms with E-state index >= 15 is 0 Å². The minimum atomic E-state index is -4.16. The standard InChI is InChI=1S/C7H10BrN7O4S2/c1-14-3-4(20(9,16)17)6(11-14)12-21(18,19)7-5(8)10-13-15(7)2/h3H,1-2H3,(H,11,12)(H2,9,16,17). The molecule has 0 fully saturated rings. The maximum absolute atomic E-state index is 12.3. The highest BCUT2D eigenvalue weighted by atomic mass is 79.9. The predicted molar refractivity (Wildman–Crippen MR) is 74.1 cm³/mol. The highest BCUT2D eigenvalue weighted by Crippen LogP contribution is 2.24. The molecule has 0 radical (unpaired) electrons. The van der Waals surface area contributed by atoms with Crippen molar-refractivity contribution in [1.29, 1.82) is 0 Å². The fraction of sp³-hybridized carbons (Fsp3) is 0.286. The molecule has 2 heterocycles. The molecule has 0 aromatic carbocycles. The lowest BCUT2D eigenvalue weighted by Gasteiger charge is -2.06. The number of halogens is 1. The molecule has 116 valence electrons. The zero-order chi connectivity index (χ0) is 16.0. The highest BCUT2D eigenvalue weighted by Gasteiger charge is 2.28. The first-order valence-corrected chi connectivity index (χ1v) is 8.99. The van der Waals surface area contributed by atoms with Gasteiger partial charge >= 0.3 is 0 Å². The van der Waals surface area contributed by atoms with Gasteiger partial charge in [-0.3, -0.25) is 9.40 Å². The lowest BCUT2D eigenvalue weighted by molar-refractivity contribution is 0.578. The van der Waals surface area contributed by atoms with Crippen LogP contribution in [0.2, 0.25) is 0 Å². The second-order valence-corrected chi connectivity index (χ2v) is 7.85. The molecular formula is C7H10BrN7O4S2. The third kappa shape index (κ3) is 3.07. The van der Waals surface area contributed by atoms with Crippen LogP contribution < -0.4 is 9.86 Å². The molecule has 0 atom stereocenters. The highest BCUT2D eigenvalue weighted by molar-refractivity contribution is 9.10. The van der Waals surface area contributed by atoms with Gasteiger partial charge in [0.1, 0.15) is 4.90 Å². The smallest absolute Gasteiger partial charge is 0.272 e. The molecule has 3 N–H and O–H groups in total. The van der Waals surface area contributed by atoms with E-state index in [4.69, 9.17) is 5.14 Å². The Labute approximate surface area is 128 Å². The summed E-state index contributed by atoms with van der Waals surface area (Å²) in [6.07, 6.45) is 1.09. The number of hydrogen-bond donors (Lipinski definition) is 2. The Morgan fingerprint density at radius 2 is 1.90 bits per heavy atom. The number of anilines is 1. The van der Waals surface area contributed by atoms with Crippen LogP contribution in [0.15, 0.2) is 20.7 Å². The second-order valence-electron chi connectivity index (χ2n) is 3.98. The first kappa shape index (κ1) is 15.9. The van der Waals surface area contributed by atoms with Gasteiger partial charge in [-0.1, -0.05) is 5.21 Å². The summed E-state index contributed by atoms with van der Waals surface area (Å²) in [6.45, 7) is 0. The lowest BCUT2D eigenvalue weighted by Crippen LogP contribution is -2.20. The van der Waals surface area contributed by atoms with Crippen LogP contribution in [-0.4, -0.2) is 41.6 Å². The van der Waals surface area contributed by atoms with Crippen molar-refractivity contribution in [2.75, 3.05) is 4.72 Å². The Balaban J connectivity index is 2.53. The van der Waals surface area contributed by atoms with E-state index in [1.165, 1.54) is 14.1 Å². The molecule has 21 heavy (non-hydrogen) atoms. The molecule has 0 aliphatic carbocycles. The number of primary sulfonamides is 1. The van der Waals surface area contributed by atoms with Crippen molar-refractivity contribution >= 4 is 41.8 Å². The number of aryl methyl sites for hydroxylation is 2. The quantitative estimate of drug-likeness (QED) is 0.650. The third-order valence-electron chi connectivity index (χ3n) is 2.32. The Morgan fingerprint density at radius 3 is 2.38 bits per heavy atom. The van der Waals surface area contributed by atoms with E-state index in [0.717, 1.165) is 15.6 Å². The minimum Gasteiger partial charge on any atom is -0.272 e. The Morgan fingerprint density at radius 1 is 1.29 bits per heavy atom. The van der Waals surface area contributed by atoms with Crippen LogP contribution in [0.5, 0.6) is 0 Å². The van der Waals surface area contributed by atoms with Gasteiger partial charge in [0.15, 0.2) is 10.4 Å². The van der Waals surface area contributed by atoms with Gasteiger partial charge < -0.3 is 0 Å². The van der Waals surface area contributed by atoms with Crippen LogP contribution >= 0.6 is 15.9 Å². The zero-order valence-electron chi connectivity index (χ0n) is 10.7. The fourth-order valence-corrected chi connectivity index (χ4v) is 4.37. The molecule has 0 spiro atoms. The summed E-state index contributed by atoms with van der Waals surface area (Å²) in [6, 6.07) is 0. The first-order chi connectivity index (χ1) is 9.52. The molecule has 0 aliphatic rings. The van der Waals surface area contributed by atoms with Crippen molar-refractivity contribution in [1.82, 2.24) is 24.8 Å². The molecule has 11 nitrogen and oxygen atoms in total. The topological polar surface area (TPSA) is 155 Å². The molecule has 0 unspecified atom stereocenters. The molecule has 0 amide bonds. The summed E-state index contributed by atoms with van der Waals surface area (Å²) in [5, 5.41) is 15.5. The molecule has 0 bridgehead atoms. The molecule has 0 saturated heterocycles. The van der Waals surface area contributed by atoms with Crippen LogP contribution in [0, 0.1) is 0 Å². The van der Waals surface area contributed by atoms with Gasteiger partial charge in [0.05, 0.1) is 0 Å². The molecule has 2 aromatic rings. The van der Waals surface area contributed by atoms with Crippen molar-refractivity contribution in [3.05, 3.63) is 10.8 Å². The largest absolute Gasteiger partial charge is 0.283 e. The molecule has 0 aliphatic heterocycles. The second kappa shape index (κ2) is 5.04. The lowest BCUT2D eigenvalue weighted by atomic mass is 10.7. The van der Waals surface area contributed by atoms with E-state index in [2.05, 4.69) is 31.3 Å². The van der Waals surface area contributed by atoms with Crippen molar-refractivity contribution in [2.45, 2.75) is 9.92 Å². The van der Waals surface area contributed by atoms with E-state index in [-0.39, 0.29) is 9.63 Å². The minimum absolute atomic E-state index is 0.0226. The maximum atomic E-state index is 12.3. The van der Waals surface area contributed by atoms with Gasteiger partial charge in [-0.15, -0.1) is 5.10 Å². The van der Waals surface area contributed by atoms with E-state index in [1.54, 1.807) is 0 Å². The third-order valence-corrected chi connectivity index (χ3v) is 5.46. The number of rotatable bonds is 4. The summed E-state index contributed by atoms with van der Waals surface area (Å²) in [5.74, 6) is -0.409. The average Bonchev–Trinajstić information content (AvgIpc) is 2.81. The van der Waals surface area contributed by atoms with E-state index in [0.29, 0.717) is 0 Å². The predicted octanol–water partition coefficient (Wildman–Crippen LogP) is -1.24. The SMILES string of the molecule is Cn1cc(S(N)(=O)=O)c(NS(=O)(=O)c2c(Br)nnn2C)n1. The zero-order valence-corrected chi connectivity index (χ0v) is 13.9. The average molecular weight is 400 g/mol. The maximum Gasteiger partial charge on any atom is 0.283 e. The summed E-state index contributed by atoms with van der Waals surface area (Å²) in [5.41, 5.74) is 0. The monoisotopic (exact) mass is 399 g/mol. The molecule has 14 heteroatoms. The normalized spacial score (nSPS) is 12.6. The van der Waals surface area contributed by atoms with E-state index in [1.807, 2.05) is 4.72 Å². The van der Waals surface area contributed by atoms with Crippen molar-refractivity contribution in [3.8, 4) is 0 Å². The fourth-order valence-electron chi connectivity index (χ4n) is 1.53. The molecule has 0 saturated carbocycles. The van der Waals surface area contributed by atoms with E-state index in [9.17, 15) is 16.8 Å². The Hall–Kier alpha value is -1.51. The summed E-state index contributed by atoms with van der Waals surface area (Å²) in [4.78, 5) is -0.445. The van der Waals surface area contributed by atoms with Gasteiger partial charge in [0.2, 0.25) is 15.0 Å². The summed E-state index contributed by atoms with van der Waals surface area (Å²) >= 11 is 2.95. The van der Waals surface area contributed by atoms with Gasteiger partial charge in [-0.25, -0.2) is 18.2 Å². The Bertz CT molecular complexity index is 878. The van der Waals surface area contributed by atoms with Crippen LogP contribution in [-0.2, 0) is 34.1 Å². The van der Waals surface area contributed by atoms with Crippen LogP contribution in [0.3, 0.4) is 0 Å². The van der Waals surface area contributed by atoms with Crippen LogP contribution in [0.1, 0.15) is 0 Å². The summed E-state index contributed by atoms with van der Waals surface area (Å²) < 4.78 is 51.5. The number of sulfonamides is 2. The van der Waals surface area contributed by atoms with Gasteiger partial charge in [-0.05, 0) is 15.9 Å². The molecule has 2 rings (SSSR count). The van der Waals surface area contributed by atoms with Crippen LogP contribution in [0.25, 0.3) is 0 Å². The number of aromatic nitrogens is 5. The van der Waals surface area contributed by atoms with Crippen molar-refractivity contribution in [2.24, 2.45) is 19.2 Å². The number of nitrogens with one attached hydrogen (secondary N) is 1. The van der Waals surface area contributed by atoms with Gasteiger partial charge in [0.25, 0.3) is 10.0 Å². The molecular weight excluding hydrogens is 390 g/mol.